The van der Waals surface area contributed by atoms with E-state index in [4.69, 9.17) is 5.73 Å². The van der Waals surface area contributed by atoms with Gasteiger partial charge in [-0.2, -0.15) is 0 Å². The Morgan fingerprint density at radius 2 is 1.79 bits per heavy atom. The highest BCUT2D eigenvalue weighted by Gasteiger charge is 2.25. The van der Waals surface area contributed by atoms with Crippen LogP contribution in [0.5, 0.6) is 0 Å². The first-order valence-corrected chi connectivity index (χ1v) is 5.55. The van der Waals surface area contributed by atoms with Crippen LogP contribution in [0.1, 0.15) is 40.0 Å². The van der Waals surface area contributed by atoms with Gasteiger partial charge in [-0.15, -0.1) is 0 Å². The van der Waals surface area contributed by atoms with Crippen molar-refractivity contribution in [3.05, 3.63) is 0 Å². The lowest BCUT2D eigenvalue weighted by atomic mass is 9.80. The van der Waals surface area contributed by atoms with Gasteiger partial charge in [-0.25, -0.2) is 0 Å². The Morgan fingerprint density at radius 3 is 2.21 bits per heavy atom. The topological polar surface area (TPSA) is 55.1 Å². The highest BCUT2D eigenvalue weighted by Crippen LogP contribution is 2.28. The molecule has 1 saturated carbocycles. The lowest BCUT2D eigenvalue weighted by Gasteiger charge is -2.32. The molecule has 0 aliphatic heterocycles. The van der Waals surface area contributed by atoms with Crippen LogP contribution in [0.15, 0.2) is 0 Å². The van der Waals surface area contributed by atoms with Gasteiger partial charge in [0, 0.05) is 6.04 Å². The summed E-state index contributed by atoms with van der Waals surface area (Å²) in [5.74, 6) is 1.42. The number of amides is 1. The first-order chi connectivity index (χ1) is 6.49. The summed E-state index contributed by atoms with van der Waals surface area (Å²) in [5, 5.41) is 3.02. The zero-order chi connectivity index (χ0) is 10.7. The largest absolute Gasteiger partial charge is 0.352 e. The molecule has 82 valence electrons. The zero-order valence-electron chi connectivity index (χ0n) is 9.42. The summed E-state index contributed by atoms with van der Waals surface area (Å²) < 4.78 is 0. The number of rotatable bonds is 2. The van der Waals surface area contributed by atoms with E-state index < -0.39 is 0 Å². The van der Waals surface area contributed by atoms with Crippen LogP contribution in [0.2, 0.25) is 0 Å². The Bertz CT molecular complexity index is 193. The SMILES string of the molecule is CC1CC(C)CC(NC(=O)C(C)N)C1. The number of nitrogens with two attached hydrogens (primary N) is 1. The van der Waals surface area contributed by atoms with E-state index >= 15 is 0 Å². The molecule has 14 heavy (non-hydrogen) atoms. The van der Waals surface area contributed by atoms with Gasteiger partial charge < -0.3 is 11.1 Å². The van der Waals surface area contributed by atoms with Crippen LogP contribution in [0.25, 0.3) is 0 Å². The maximum atomic E-state index is 11.4. The van der Waals surface area contributed by atoms with Gasteiger partial charge in [0.15, 0.2) is 0 Å². The van der Waals surface area contributed by atoms with Crippen LogP contribution < -0.4 is 11.1 Å². The fourth-order valence-electron chi connectivity index (χ4n) is 2.40. The summed E-state index contributed by atoms with van der Waals surface area (Å²) in [5.41, 5.74) is 5.51. The van der Waals surface area contributed by atoms with Gasteiger partial charge in [-0.3, -0.25) is 4.79 Å². The smallest absolute Gasteiger partial charge is 0.236 e. The van der Waals surface area contributed by atoms with E-state index in [-0.39, 0.29) is 11.9 Å². The molecule has 0 radical (unpaired) electrons. The van der Waals surface area contributed by atoms with Crippen molar-refractivity contribution in [1.82, 2.24) is 5.32 Å². The molecule has 3 N–H and O–H groups in total. The van der Waals surface area contributed by atoms with Crippen LogP contribution in [-0.2, 0) is 4.79 Å². The van der Waals surface area contributed by atoms with E-state index in [0.29, 0.717) is 6.04 Å². The van der Waals surface area contributed by atoms with E-state index in [2.05, 4.69) is 19.2 Å². The summed E-state index contributed by atoms with van der Waals surface area (Å²) in [6.07, 6.45) is 3.48. The Labute approximate surface area is 86.4 Å². The first-order valence-electron chi connectivity index (χ1n) is 5.55. The lowest BCUT2D eigenvalue weighted by Crippen LogP contribution is -2.46. The Kier molecular flexibility index (Phi) is 3.93. The molecule has 0 spiro atoms. The van der Waals surface area contributed by atoms with Gasteiger partial charge >= 0.3 is 0 Å². The fraction of sp³-hybridized carbons (Fsp3) is 0.909. The molecule has 3 nitrogen and oxygen atoms in total. The molecule has 3 heteroatoms. The minimum atomic E-state index is -0.387. The fourth-order valence-corrected chi connectivity index (χ4v) is 2.40. The molecule has 0 saturated heterocycles. The van der Waals surface area contributed by atoms with Gasteiger partial charge in [-0.05, 0) is 38.0 Å². The summed E-state index contributed by atoms with van der Waals surface area (Å²) in [4.78, 5) is 11.4. The van der Waals surface area contributed by atoms with E-state index in [9.17, 15) is 4.79 Å². The Balaban J connectivity index is 2.40. The van der Waals surface area contributed by atoms with Gasteiger partial charge in [0.05, 0.1) is 6.04 Å². The summed E-state index contributed by atoms with van der Waals surface area (Å²) >= 11 is 0. The van der Waals surface area contributed by atoms with Crippen LogP contribution in [0.3, 0.4) is 0 Å². The van der Waals surface area contributed by atoms with Crippen molar-refractivity contribution < 1.29 is 4.79 Å². The molecular weight excluding hydrogens is 176 g/mol. The molecular formula is C11H22N2O. The summed E-state index contributed by atoms with van der Waals surface area (Å²) in [6.45, 7) is 6.23. The molecule has 1 rings (SSSR count). The molecule has 3 atom stereocenters. The monoisotopic (exact) mass is 198 g/mol. The van der Waals surface area contributed by atoms with Crippen molar-refractivity contribution in [2.75, 3.05) is 0 Å². The van der Waals surface area contributed by atoms with Crippen molar-refractivity contribution in [3.63, 3.8) is 0 Å². The van der Waals surface area contributed by atoms with Crippen LogP contribution in [0.4, 0.5) is 0 Å². The van der Waals surface area contributed by atoms with E-state index in [1.165, 1.54) is 6.42 Å². The predicted molar refractivity (Wildman–Crippen MR) is 57.8 cm³/mol. The third-order valence-corrected chi connectivity index (χ3v) is 2.94. The van der Waals surface area contributed by atoms with Gasteiger partial charge in [0.2, 0.25) is 5.91 Å². The van der Waals surface area contributed by atoms with Crippen LogP contribution in [-0.4, -0.2) is 18.0 Å². The molecule has 0 heterocycles. The highest BCUT2D eigenvalue weighted by molar-refractivity contribution is 5.81. The predicted octanol–water partition coefficient (Wildman–Crippen LogP) is 1.27. The van der Waals surface area contributed by atoms with Crippen LogP contribution >= 0.6 is 0 Å². The summed E-state index contributed by atoms with van der Waals surface area (Å²) in [6, 6.07) is -0.0465. The second kappa shape index (κ2) is 4.78. The molecule has 1 fully saturated rings. The second-order valence-corrected chi connectivity index (χ2v) is 4.91. The molecule has 1 aliphatic carbocycles. The van der Waals surface area contributed by atoms with Crippen molar-refractivity contribution in [2.45, 2.75) is 52.1 Å². The third-order valence-electron chi connectivity index (χ3n) is 2.94. The minimum Gasteiger partial charge on any atom is -0.352 e. The zero-order valence-corrected chi connectivity index (χ0v) is 9.42. The maximum Gasteiger partial charge on any atom is 0.236 e. The Hall–Kier alpha value is -0.570. The van der Waals surface area contributed by atoms with Crippen LogP contribution in [0, 0.1) is 11.8 Å². The quantitative estimate of drug-likeness (QED) is 0.702. The van der Waals surface area contributed by atoms with E-state index in [1.807, 2.05) is 0 Å². The van der Waals surface area contributed by atoms with E-state index in [0.717, 1.165) is 24.7 Å². The number of carbonyl (C=O) groups excluding carboxylic acids is 1. The van der Waals surface area contributed by atoms with Gasteiger partial charge in [0.1, 0.15) is 0 Å². The van der Waals surface area contributed by atoms with Crippen molar-refractivity contribution in [3.8, 4) is 0 Å². The van der Waals surface area contributed by atoms with Crippen molar-refractivity contribution in [2.24, 2.45) is 17.6 Å². The summed E-state index contributed by atoms with van der Waals surface area (Å²) in [7, 11) is 0. The average Bonchev–Trinajstić information content (AvgIpc) is 2.01. The molecule has 3 unspecified atom stereocenters. The first kappa shape index (κ1) is 11.5. The minimum absolute atomic E-state index is 0.0173. The second-order valence-electron chi connectivity index (χ2n) is 4.91. The van der Waals surface area contributed by atoms with E-state index in [1.54, 1.807) is 6.92 Å². The number of nitrogens with one attached hydrogen (secondary N) is 1. The maximum absolute atomic E-state index is 11.4. The highest BCUT2D eigenvalue weighted by atomic mass is 16.2. The normalized spacial score (nSPS) is 35.0. The number of hydrogen-bond acceptors (Lipinski definition) is 2. The number of carbonyl (C=O) groups is 1. The van der Waals surface area contributed by atoms with Crippen molar-refractivity contribution >= 4 is 5.91 Å². The third kappa shape index (κ3) is 3.29. The molecule has 0 bridgehead atoms. The standard InChI is InChI=1S/C11H22N2O/c1-7-4-8(2)6-10(5-7)13-11(14)9(3)12/h7-10H,4-6,12H2,1-3H3,(H,13,14). The Morgan fingerprint density at radius 1 is 1.29 bits per heavy atom. The van der Waals surface area contributed by atoms with Gasteiger partial charge in [0.25, 0.3) is 0 Å². The molecule has 1 amide bonds. The molecule has 0 aromatic heterocycles. The van der Waals surface area contributed by atoms with Gasteiger partial charge in [-0.1, -0.05) is 13.8 Å². The average molecular weight is 198 g/mol. The molecule has 0 aromatic rings. The number of hydrogen-bond donors (Lipinski definition) is 2. The van der Waals surface area contributed by atoms with Crippen molar-refractivity contribution in [1.29, 1.82) is 0 Å². The molecule has 1 aliphatic rings. The molecule has 0 aromatic carbocycles. The lowest BCUT2D eigenvalue weighted by molar-refractivity contribution is -0.123.